The third-order valence-electron chi connectivity index (χ3n) is 1.28. The van der Waals surface area contributed by atoms with Gasteiger partial charge in [0.15, 0.2) is 0 Å². The highest BCUT2D eigenvalue weighted by Gasteiger charge is 1.98. The lowest BCUT2D eigenvalue weighted by molar-refractivity contribution is 0.267. The molecule has 0 aliphatic rings. The SMILES string of the molecule is CC/C=C(/C)C(O)C#CCO. The summed E-state index contributed by atoms with van der Waals surface area (Å²) in [6.45, 7) is 3.62. The topological polar surface area (TPSA) is 40.5 Å². The number of hydrogen-bond donors (Lipinski definition) is 2. The molecule has 0 aromatic heterocycles. The highest BCUT2D eigenvalue weighted by Crippen LogP contribution is 2.00. The van der Waals surface area contributed by atoms with Gasteiger partial charge in [-0.25, -0.2) is 0 Å². The van der Waals surface area contributed by atoms with E-state index in [4.69, 9.17) is 5.11 Å². The molecule has 0 heterocycles. The van der Waals surface area contributed by atoms with Crippen LogP contribution in [-0.2, 0) is 0 Å². The van der Waals surface area contributed by atoms with Gasteiger partial charge in [0.1, 0.15) is 12.7 Å². The second-order valence-electron chi connectivity index (χ2n) is 2.24. The van der Waals surface area contributed by atoms with Crippen LogP contribution in [0.4, 0.5) is 0 Å². The number of aliphatic hydroxyl groups is 2. The smallest absolute Gasteiger partial charge is 0.136 e. The van der Waals surface area contributed by atoms with Crippen molar-refractivity contribution in [3.8, 4) is 11.8 Å². The van der Waals surface area contributed by atoms with E-state index in [1.54, 1.807) is 0 Å². The molecule has 0 aliphatic carbocycles. The highest BCUT2D eigenvalue weighted by molar-refractivity contribution is 5.19. The number of aliphatic hydroxyl groups excluding tert-OH is 2. The maximum atomic E-state index is 9.23. The van der Waals surface area contributed by atoms with Crippen molar-refractivity contribution < 1.29 is 10.2 Å². The van der Waals surface area contributed by atoms with Crippen LogP contribution in [0.25, 0.3) is 0 Å². The maximum absolute atomic E-state index is 9.23. The summed E-state index contributed by atoms with van der Waals surface area (Å²) in [6, 6.07) is 0. The Kier molecular flexibility index (Phi) is 5.54. The summed E-state index contributed by atoms with van der Waals surface area (Å²) in [6.07, 6.45) is 2.09. The summed E-state index contributed by atoms with van der Waals surface area (Å²) < 4.78 is 0. The van der Waals surface area contributed by atoms with Crippen LogP contribution in [0.2, 0.25) is 0 Å². The predicted octanol–water partition coefficient (Wildman–Crippen LogP) is 0.699. The highest BCUT2D eigenvalue weighted by atomic mass is 16.3. The second kappa shape index (κ2) is 5.96. The zero-order chi connectivity index (χ0) is 8.69. The molecule has 0 saturated heterocycles. The molecule has 0 fully saturated rings. The van der Waals surface area contributed by atoms with E-state index in [1.165, 1.54) is 0 Å². The van der Waals surface area contributed by atoms with E-state index in [-0.39, 0.29) is 6.61 Å². The minimum Gasteiger partial charge on any atom is -0.384 e. The summed E-state index contributed by atoms with van der Waals surface area (Å²) in [5, 5.41) is 17.5. The molecule has 2 N–H and O–H groups in total. The van der Waals surface area contributed by atoms with Crippen molar-refractivity contribution in [2.75, 3.05) is 6.61 Å². The Hall–Kier alpha value is -0.780. The van der Waals surface area contributed by atoms with Crippen molar-refractivity contribution in [3.63, 3.8) is 0 Å². The monoisotopic (exact) mass is 154 g/mol. The Morgan fingerprint density at radius 2 is 2.27 bits per heavy atom. The van der Waals surface area contributed by atoms with E-state index in [0.717, 1.165) is 12.0 Å². The maximum Gasteiger partial charge on any atom is 0.136 e. The third-order valence-corrected chi connectivity index (χ3v) is 1.28. The first-order valence-corrected chi connectivity index (χ1v) is 3.66. The van der Waals surface area contributed by atoms with Gasteiger partial charge in [0.2, 0.25) is 0 Å². The zero-order valence-electron chi connectivity index (χ0n) is 6.96. The number of hydrogen-bond acceptors (Lipinski definition) is 2. The first kappa shape index (κ1) is 10.2. The van der Waals surface area contributed by atoms with Gasteiger partial charge in [-0.2, -0.15) is 0 Å². The van der Waals surface area contributed by atoms with Gasteiger partial charge in [0.05, 0.1) is 0 Å². The largest absolute Gasteiger partial charge is 0.384 e. The molecule has 0 aliphatic heterocycles. The fourth-order valence-electron chi connectivity index (χ4n) is 0.690. The lowest BCUT2D eigenvalue weighted by atomic mass is 10.1. The molecule has 0 spiro atoms. The molecule has 0 saturated carbocycles. The van der Waals surface area contributed by atoms with Crippen LogP contribution in [0.15, 0.2) is 11.6 Å². The van der Waals surface area contributed by atoms with Gasteiger partial charge in [-0.3, -0.25) is 0 Å². The van der Waals surface area contributed by atoms with E-state index in [9.17, 15) is 5.11 Å². The Morgan fingerprint density at radius 1 is 1.64 bits per heavy atom. The van der Waals surface area contributed by atoms with Gasteiger partial charge in [-0.05, 0) is 18.9 Å². The Morgan fingerprint density at radius 3 is 2.73 bits per heavy atom. The van der Waals surface area contributed by atoms with Crippen LogP contribution in [-0.4, -0.2) is 22.9 Å². The average molecular weight is 154 g/mol. The summed E-state index contributed by atoms with van der Waals surface area (Å²) in [5.41, 5.74) is 0.841. The molecule has 1 unspecified atom stereocenters. The van der Waals surface area contributed by atoms with E-state index >= 15 is 0 Å². The number of allylic oxidation sites excluding steroid dienone is 1. The van der Waals surface area contributed by atoms with Crippen LogP contribution >= 0.6 is 0 Å². The standard InChI is InChI=1S/C9H14O2/c1-3-5-8(2)9(11)6-4-7-10/h5,9-11H,3,7H2,1-2H3/b8-5-. The molecule has 0 amide bonds. The lowest BCUT2D eigenvalue weighted by Gasteiger charge is -2.01. The zero-order valence-corrected chi connectivity index (χ0v) is 6.96. The Labute approximate surface area is 67.6 Å². The van der Waals surface area contributed by atoms with Gasteiger partial charge in [-0.15, -0.1) is 0 Å². The third kappa shape index (κ3) is 4.60. The van der Waals surface area contributed by atoms with Gasteiger partial charge >= 0.3 is 0 Å². The summed E-state index contributed by atoms with van der Waals surface area (Å²) >= 11 is 0. The molecular weight excluding hydrogens is 140 g/mol. The fraction of sp³-hybridized carbons (Fsp3) is 0.556. The summed E-state index contributed by atoms with van der Waals surface area (Å²) in [7, 11) is 0. The molecule has 2 nitrogen and oxygen atoms in total. The summed E-state index contributed by atoms with van der Waals surface area (Å²) in [5.74, 6) is 4.91. The minimum atomic E-state index is -0.720. The van der Waals surface area contributed by atoms with Gasteiger partial charge in [-0.1, -0.05) is 24.8 Å². The molecule has 0 aromatic rings. The predicted molar refractivity (Wildman–Crippen MR) is 44.9 cm³/mol. The molecular formula is C9H14O2. The molecule has 62 valence electrons. The molecule has 0 bridgehead atoms. The van der Waals surface area contributed by atoms with Gasteiger partial charge in [0, 0.05) is 0 Å². The van der Waals surface area contributed by atoms with Crippen LogP contribution in [0.1, 0.15) is 20.3 Å². The van der Waals surface area contributed by atoms with Crippen molar-refractivity contribution in [3.05, 3.63) is 11.6 Å². The molecule has 0 radical (unpaired) electrons. The molecule has 1 atom stereocenters. The van der Waals surface area contributed by atoms with Gasteiger partial charge in [0.25, 0.3) is 0 Å². The molecule has 2 heteroatoms. The van der Waals surface area contributed by atoms with Crippen LogP contribution in [0, 0.1) is 11.8 Å². The van der Waals surface area contributed by atoms with Crippen LogP contribution in [0.5, 0.6) is 0 Å². The Bertz CT molecular complexity index is 183. The van der Waals surface area contributed by atoms with E-state index in [0.29, 0.717) is 0 Å². The van der Waals surface area contributed by atoms with E-state index in [1.807, 2.05) is 19.9 Å². The quantitative estimate of drug-likeness (QED) is 0.454. The second-order valence-corrected chi connectivity index (χ2v) is 2.24. The fourth-order valence-corrected chi connectivity index (χ4v) is 0.690. The number of rotatable bonds is 2. The first-order chi connectivity index (χ1) is 5.22. The summed E-state index contributed by atoms with van der Waals surface area (Å²) in [4.78, 5) is 0. The van der Waals surface area contributed by atoms with Crippen molar-refractivity contribution in [1.29, 1.82) is 0 Å². The van der Waals surface area contributed by atoms with Crippen molar-refractivity contribution >= 4 is 0 Å². The first-order valence-electron chi connectivity index (χ1n) is 3.66. The van der Waals surface area contributed by atoms with E-state index in [2.05, 4.69) is 11.8 Å². The van der Waals surface area contributed by atoms with Crippen molar-refractivity contribution in [1.82, 2.24) is 0 Å². The van der Waals surface area contributed by atoms with Gasteiger partial charge < -0.3 is 10.2 Å². The normalized spacial score (nSPS) is 13.6. The molecule has 11 heavy (non-hydrogen) atoms. The van der Waals surface area contributed by atoms with E-state index < -0.39 is 6.10 Å². The van der Waals surface area contributed by atoms with Crippen LogP contribution < -0.4 is 0 Å². The molecule has 0 rings (SSSR count). The van der Waals surface area contributed by atoms with Crippen molar-refractivity contribution in [2.24, 2.45) is 0 Å². The lowest BCUT2D eigenvalue weighted by Crippen LogP contribution is -2.04. The molecule has 0 aromatic carbocycles. The average Bonchev–Trinajstić information content (AvgIpc) is 2.00. The minimum absolute atomic E-state index is 0.198. The van der Waals surface area contributed by atoms with Crippen LogP contribution in [0.3, 0.4) is 0 Å². The van der Waals surface area contributed by atoms with Crippen molar-refractivity contribution in [2.45, 2.75) is 26.4 Å². The Balaban J connectivity index is 4.02.